The van der Waals surface area contributed by atoms with Gasteiger partial charge in [-0.3, -0.25) is 0 Å². The van der Waals surface area contributed by atoms with Gasteiger partial charge >= 0.3 is 0 Å². The number of thiophene rings is 1. The van der Waals surface area contributed by atoms with Crippen LogP contribution in [-0.2, 0) is 10.0 Å². The zero-order valence-corrected chi connectivity index (χ0v) is 12.9. The van der Waals surface area contributed by atoms with Gasteiger partial charge in [0.15, 0.2) is 0 Å². The number of hydrogen-bond donors (Lipinski definition) is 1. The van der Waals surface area contributed by atoms with Crippen molar-refractivity contribution in [2.75, 3.05) is 6.54 Å². The summed E-state index contributed by atoms with van der Waals surface area (Å²) in [6.45, 7) is 4.16. The molecule has 0 radical (unpaired) electrons. The van der Waals surface area contributed by atoms with Crippen LogP contribution in [0.4, 0.5) is 0 Å². The molecule has 3 nitrogen and oxygen atoms in total. The summed E-state index contributed by atoms with van der Waals surface area (Å²) in [7, 11) is -3.41. The number of aryl methyl sites for hydroxylation is 1. The Kier molecular flexibility index (Phi) is 5.25. The van der Waals surface area contributed by atoms with E-state index < -0.39 is 10.0 Å². The second-order valence-corrected chi connectivity index (χ2v) is 8.32. The molecule has 1 rings (SSSR count). The Hall–Kier alpha value is 0.380. The molecule has 92 valence electrons. The van der Waals surface area contributed by atoms with Gasteiger partial charge in [0.2, 0.25) is 10.0 Å². The Morgan fingerprint density at radius 2 is 2.25 bits per heavy atom. The number of hydrogen-bond acceptors (Lipinski definition) is 3. The number of alkyl halides is 1. The molecule has 0 saturated carbocycles. The summed E-state index contributed by atoms with van der Waals surface area (Å²) in [6.07, 6.45) is 0.868. The molecular formula is C9H13BrClNO2S2. The van der Waals surface area contributed by atoms with Crippen LogP contribution in [0.3, 0.4) is 0 Å². The Bertz CT molecular complexity index is 439. The minimum absolute atomic E-state index is 0.152. The van der Waals surface area contributed by atoms with Gasteiger partial charge in [-0.2, -0.15) is 0 Å². The Labute approximate surface area is 113 Å². The van der Waals surface area contributed by atoms with Crippen LogP contribution in [0.1, 0.15) is 18.9 Å². The summed E-state index contributed by atoms with van der Waals surface area (Å²) in [5.41, 5.74) is 0.790. The molecule has 16 heavy (non-hydrogen) atoms. The van der Waals surface area contributed by atoms with Crippen LogP contribution in [0.2, 0.25) is 4.34 Å². The maximum Gasteiger partial charge on any atom is 0.250 e. The van der Waals surface area contributed by atoms with E-state index in [9.17, 15) is 8.42 Å². The van der Waals surface area contributed by atoms with E-state index in [1.807, 2.05) is 6.92 Å². The van der Waals surface area contributed by atoms with Crippen molar-refractivity contribution < 1.29 is 8.42 Å². The van der Waals surface area contributed by atoms with Crippen molar-refractivity contribution >= 4 is 48.9 Å². The number of nitrogens with one attached hydrogen (secondary N) is 1. The maximum atomic E-state index is 11.8. The molecular weight excluding hydrogens is 334 g/mol. The van der Waals surface area contributed by atoms with Gasteiger partial charge in [0.25, 0.3) is 0 Å². The molecule has 0 aromatic carbocycles. The van der Waals surface area contributed by atoms with Crippen LogP contribution in [0.5, 0.6) is 0 Å². The first-order chi connectivity index (χ1) is 7.36. The quantitative estimate of drug-likeness (QED) is 0.832. The van der Waals surface area contributed by atoms with Gasteiger partial charge in [-0.25, -0.2) is 13.1 Å². The third-order valence-corrected chi connectivity index (χ3v) is 6.46. The third-order valence-electron chi connectivity index (χ3n) is 2.04. The van der Waals surface area contributed by atoms with Crippen LogP contribution in [0.25, 0.3) is 0 Å². The van der Waals surface area contributed by atoms with E-state index in [0.717, 1.165) is 23.3 Å². The van der Waals surface area contributed by atoms with Gasteiger partial charge in [-0.1, -0.05) is 34.5 Å². The minimum Gasteiger partial charge on any atom is -0.209 e. The lowest BCUT2D eigenvalue weighted by Crippen LogP contribution is -2.28. The fourth-order valence-corrected chi connectivity index (χ4v) is 4.19. The second-order valence-electron chi connectivity index (χ2n) is 3.38. The lowest BCUT2D eigenvalue weighted by Gasteiger charge is -2.07. The first kappa shape index (κ1) is 14.4. The highest BCUT2D eigenvalue weighted by molar-refractivity contribution is 9.09. The molecule has 0 amide bonds. The molecule has 0 aliphatic heterocycles. The van der Waals surface area contributed by atoms with E-state index in [4.69, 9.17) is 11.6 Å². The topological polar surface area (TPSA) is 46.2 Å². The smallest absolute Gasteiger partial charge is 0.209 e. The molecule has 7 heteroatoms. The summed E-state index contributed by atoms with van der Waals surface area (Å²) in [4.78, 5) is 0.152. The molecule has 1 heterocycles. The molecule has 0 aliphatic carbocycles. The van der Waals surface area contributed by atoms with Gasteiger partial charge in [-0.15, -0.1) is 11.3 Å². The van der Waals surface area contributed by atoms with Crippen molar-refractivity contribution in [2.24, 2.45) is 0 Å². The van der Waals surface area contributed by atoms with E-state index in [1.54, 1.807) is 13.0 Å². The van der Waals surface area contributed by atoms with Crippen LogP contribution >= 0.6 is 38.9 Å². The lowest BCUT2D eigenvalue weighted by molar-refractivity contribution is 0.582. The normalized spacial score (nSPS) is 14.0. The predicted molar refractivity (Wildman–Crippen MR) is 72.3 cm³/mol. The summed E-state index contributed by atoms with van der Waals surface area (Å²) in [6, 6.07) is 1.59. The van der Waals surface area contributed by atoms with Crippen molar-refractivity contribution in [2.45, 2.75) is 29.3 Å². The summed E-state index contributed by atoms with van der Waals surface area (Å²) < 4.78 is 27.0. The highest BCUT2D eigenvalue weighted by Crippen LogP contribution is 2.29. The van der Waals surface area contributed by atoms with Crippen molar-refractivity contribution in [3.8, 4) is 0 Å². The molecule has 1 atom stereocenters. The SMILES string of the molecule is CCC(Br)CNS(=O)(=O)c1cc(C)c(Cl)s1. The molecule has 1 unspecified atom stereocenters. The summed E-state index contributed by atoms with van der Waals surface area (Å²) in [5.74, 6) is 0. The van der Waals surface area contributed by atoms with Crippen molar-refractivity contribution in [1.29, 1.82) is 0 Å². The van der Waals surface area contributed by atoms with E-state index >= 15 is 0 Å². The van der Waals surface area contributed by atoms with Crippen molar-refractivity contribution in [1.82, 2.24) is 4.72 Å². The number of sulfonamides is 1. The van der Waals surface area contributed by atoms with E-state index in [2.05, 4.69) is 20.7 Å². The Balaban J connectivity index is 2.78. The summed E-state index contributed by atoms with van der Waals surface area (Å²) in [5, 5.41) is 0. The largest absolute Gasteiger partial charge is 0.250 e. The minimum atomic E-state index is -3.41. The predicted octanol–water partition coefficient (Wildman–Crippen LogP) is 3.16. The number of rotatable bonds is 5. The average Bonchev–Trinajstić information content (AvgIpc) is 2.56. The van der Waals surface area contributed by atoms with Crippen LogP contribution in [-0.4, -0.2) is 19.8 Å². The highest BCUT2D eigenvalue weighted by Gasteiger charge is 2.18. The van der Waals surface area contributed by atoms with Crippen LogP contribution in [0.15, 0.2) is 10.3 Å². The van der Waals surface area contributed by atoms with Gasteiger partial charge in [0, 0.05) is 11.4 Å². The first-order valence-corrected chi connectivity index (χ1v) is 8.35. The molecule has 0 spiro atoms. The fourth-order valence-electron chi connectivity index (χ4n) is 0.980. The Morgan fingerprint density at radius 1 is 1.62 bits per heavy atom. The molecule has 0 saturated heterocycles. The van der Waals surface area contributed by atoms with Crippen molar-refractivity contribution in [3.05, 3.63) is 16.0 Å². The molecule has 0 aliphatic rings. The van der Waals surface area contributed by atoms with Gasteiger partial charge < -0.3 is 0 Å². The van der Waals surface area contributed by atoms with Crippen LogP contribution < -0.4 is 4.72 Å². The standard InChI is InChI=1S/C9H13BrClNO2S2/c1-3-7(10)5-12-16(13,14)8-4-6(2)9(11)15-8/h4,7,12H,3,5H2,1-2H3. The summed E-state index contributed by atoms with van der Waals surface area (Å²) >= 11 is 10.3. The van der Waals surface area contributed by atoms with Gasteiger partial charge in [-0.05, 0) is 25.0 Å². The monoisotopic (exact) mass is 345 g/mol. The lowest BCUT2D eigenvalue weighted by atomic mass is 10.3. The molecule has 0 fully saturated rings. The fraction of sp³-hybridized carbons (Fsp3) is 0.556. The Morgan fingerprint density at radius 3 is 2.69 bits per heavy atom. The zero-order chi connectivity index (χ0) is 12.3. The number of halogens is 2. The van der Waals surface area contributed by atoms with Gasteiger partial charge in [0.1, 0.15) is 4.21 Å². The third kappa shape index (κ3) is 3.70. The maximum absolute atomic E-state index is 11.8. The van der Waals surface area contributed by atoms with E-state index in [-0.39, 0.29) is 9.04 Å². The van der Waals surface area contributed by atoms with Gasteiger partial charge in [0.05, 0.1) is 4.34 Å². The zero-order valence-electron chi connectivity index (χ0n) is 8.96. The average molecular weight is 347 g/mol. The second kappa shape index (κ2) is 5.82. The molecule has 0 bridgehead atoms. The first-order valence-electron chi connectivity index (χ1n) is 4.76. The molecule has 1 aromatic rings. The van der Waals surface area contributed by atoms with E-state index in [1.165, 1.54) is 0 Å². The van der Waals surface area contributed by atoms with Crippen LogP contribution in [0, 0.1) is 6.92 Å². The highest BCUT2D eigenvalue weighted by atomic mass is 79.9. The molecule has 1 N–H and O–H groups in total. The van der Waals surface area contributed by atoms with E-state index in [0.29, 0.717) is 10.9 Å². The van der Waals surface area contributed by atoms with Crippen molar-refractivity contribution in [3.63, 3.8) is 0 Å². The molecule has 1 aromatic heterocycles.